The van der Waals surface area contributed by atoms with E-state index in [1.54, 1.807) is 0 Å². The van der Waals surface area contributed by atoms with Gasteiger partial charge in [-0.05, 0) is 43.5 Å². The van der Waals surface area contributed by atoms with Gasteiger partial charge in [-0.2, -0.15) is 0 Å². The van der Waals surface area contributed by atoms with Crippen molar-refractivity contribution in [2.75, 3.05) is 0 Å². The molecule has 0 radical (unpaired) electrons. The van der Waals surface area contributed by atoms with Gasteiger partial charge >= 0.3 is 0 Å². The van der Waals surface area contributed by atoms with Crippen LogP contribution < -0.4 is 0 Å². The Kier molecular flexibility index (Phi) is 5.43. The second-order valence-electron chi connectivity index (χ2n) is 4.30. The van der Waals surface area contributed by atoms with E-state index >= 15 is 0 Å². The molecule has 0 unspecified atom stereocenters. The van der Waals surface area contributed by atoms with Gasteiger partial charge in [0.2, 0.25) is 0 Å². The van der Waals surface area contributed by atoms with Crippen LogP contribution in [0.15, 0.2) is 36.4 Å². The maximum atomic E-state index is 6.28. The molecule has 18 heavy (non-hydrogen) atoms. The van der Waals surface area contributed by atoms with Crippen LogP contribution in [0.2, 0.25) is 5.02 Å². The van der Waals surface area contributed by atoms with E-state index in [0.717, 1.165) is 10.6 Å². The van der Waals surface area contributed by atoms with Gasteiger partial charge in [0.25, 0.3) is 0 Å². The molecule has 0 aliphatic heterocycles. The van der Waals surface area contributed by atoms with Crippen LogP contribution in [-0.4, -0.2) is 0 Å². The lowest BCUT2D eigenvalue weighted by Gasteiger charge is -2.09. The summed E-state index contributed by atoms with van der Waals surface area (Å²) in [5.74, 6) is 0. The highest BCUT2D eigenvalue weighted by molar-refractivity contribution is 6.33. The maximum absolute atomic E-state index is 6.28. The first-order valence-corrected chi connectivity index (χ1v) is 6.79. The van der Waals surface area contributed by atoms with Gasteiger partial charge in [0.1, 0.15) is 0 Å². The first-order chi connectivity index (χ1) is 8.58. The van der Waals surface area contributed by atoms with Gasteiger partial charge in [-0.15, -0.1) is 0 Å². The molecule has 0 atom stereocenters. The summed E-state index contributed by atoms with van der Waals surface area (Å²) in [7, 11) is 0. The Labute approximate surface area is 116 Å². The molecule has 0 saturated carbocycles. The van der Waals surface area contributed by atoms with E-state index < -0.39 is 0 Å². The van der Waals surface area contributed by atoms with Crippen molar-refractivity contribution in [3.05, 3.63) is 58.1 Å². The molecular formula is C17H21Cl. The van der Waals surface area contributed by atoms with Gasteiger partial charge in [0, 0.05) is 10.6 Å². The monoisotopic (exact) mass is 260 g/mol. The molecule has 1 heteroatoms. The summed E-state index contributed by atoms with van der Waals surface area (Å²) in [4.78, 5) is 0. The Morgan fingerprint density at radius 1 is 0.722 bits per heavy atom. The van der Waals surface area contributed by atoms with Crippen molar-refractivity contribution >= 4 is 11.6 Å². The number of benzene rings is 2. The van der Waals surface area contributed by atoms with Gasteiger partial charge in [0.05, 0.1) is 0 Å². The highest BCUT2D eigenvalue weighted by Crippen LogP contribution is 2.31. The van der Waals surface area contributed by atoms with Crippen molar-refractivity contribution in [3.8, 4) is 11.1 Å². The average molecular weight is 261 g/mol. The second-order valence-corrected chi connectivity index (χ2v) is 4.71. The smallest absolute Gasteiger partial charge is 0.0487 e. The van der Waals surface area contributed by atoms with Crippen LogP contribution in [-0.2, 0) is 0 Å². The number of hydrogen-bond acceptors (Lipinski definition) is 0. The van der Waals surface area contributed by atoms with Gasteiger partial charge in [-0.1, -0.05) is 61.3 Å². The summed E-state index contributed by atoms with van der Waals surface area (Å²) in [6.45, 7) is 10.3. The SMILES string of the molecule is CC.Cc1ccc(-c2ccc(C)cc2Cl)c(C)c1. The lowest BCUT2D eigenvalue weighted by Crippen LogP contribution is -1.86. The summed E-state index contributed by atoms with van der Waals surface area (Å²) >= 11 is 6.28. The van der Waals surface area contributed by atoms with Crippen LogP contribution in [0, 0.1) is 20.8 Å². The molecule has 0 fully saturated rings. The van der Waals surface area contributed by atoms with Crippen LogP contribution in [0.4, 0.5) is 0 Å². The third-order valence-corrected chi connectivity index (χ3v) is 3.11. The second kappa shape index (κ2) is 6.61. The average Bonchev–Trinajstić information content (AvgIpc) is 2.33. The molecule has 0 amide bonds. The summed E-state index contributed by atoms with van der Waals surface area (Å²) in [5, 5.41) is 0.826. The van der Waals surface area contributed by atoms with Crippen molar-refractivity contribution in [1.29, 1.82) is 0 Å². The molecule has 0 saturated heterocycles. The highest BCUT2D eigenvalue weighted by atomic mass is 35.5. The van der Waals surface area contributed by atoms with E-state index in [4.69, 9.17) is 11.6 Å². The zero-order valence-corrected chi connectivity index (χ0v) is 12.6. The normalized spacial score (nSPS) is 9.67. The summed E-state index contributed by atoms with van der Waals surface area (Å²) in [6, 6.07) is 12.7. The fraction of sp³-hybridized carbons (Fsp3) is 0.294. The Bertz CT molecular complexity index is 478. The highest BCUT2D eigenvalue weighted by Gasteiger charge is 2.06. The van der Waals surface area contributed by atoms with E-state index in [0.29, 0.717) is 0 Å². The quantitative estimate of drug-likeness (QED) is 0.594. The van der Waals surface area contributed by atoms with Gasteiger partial charge in [0.15, 0.2) is 0 Å². The fourth-order valence-corrected chi connectivity index (χ4v) is 2.29. The molecule has 2 aromatic carbocycles. The van der Waals surface area contributed by atoms with Crippen LogP contribution in [0.25, 0.3) is 11.1 Å². The summed E-state index contributed by atoms with van der Waals surface area (Å²) in [6.07, 6.45) is 0. The molecule has 2 rings (SSSR count). The first-order valence-electron chi connectivity index (χ1n) is 6.42. The summed E-state index contributed by atoms with van der Waals surface area (Å²) in [5.41, 5.74) is 6.08. The Morgan fingerprint density at radius 3 is 1.72 bits per heavy atom. The van der Waals surface area contributed by atoms with Crippen LogP contribution in [0.3, 0.4) is 0 Å². The van der Waals surface area contributed by atoms with E-state index in [-0.39, 0.29) is 0 Å². The molecule has 0 spiro atoms. The molecule has 0 nitrogen and oxygen atoms in total. The Morgan fingerprint density at radius 2 is 1.22 bits per heavy atom. The van der Waals surface area contributed by atoms with Crippen molar-refractivity contribution < 1.29 is 0 Å². The Balaban J connectivity index is 0.000000771. The number of halogens is 1. The number of aryl methyl sites for hydroxylation is 3. The van der Waals surface area contributed by atoms with Crippen LogP contribution >= 0.6 is 11.6 Å². The topological polar surface area (TPSA) is 0 Å². The molecule has 0 bridgehead atoms. The predicted molar refractivity (Wildman–Crippen MR) is 82.4 cm³/mol. The molecule has 0 aliphatic carbocycles. The van der Waals surface area contributed by atoms with E-state index in [1.165, 1.54) is 22.3 Å². The molecule has 0 N–H and O–H groups in total. The van der Waals surface area contributed by atoms with E-state index in [9.17, 15) is 0 Å². The van der Waals surface area contributed by atoms with Gasteiger partial charge in [-0.3, -0.25) is 0 Å². The Hall–Kier alpha value is -1.27. The number of hydrogen-bond donors (Lipinski definition) is 0. The van der Waals surface area contributed by atoms with Crippen molar-refractivity contribution in [2.45, 2.75) is 34.6 Å². The fourth-order valence-electron chi connectivity index (χ4n) is 1.95. The third kappa shape index (κ3) is 3.36. The molecule has 96 valence electrons. The van der Waals surface area contributed by atoms with Crippen molar-refractivity contribution in [1.82, 2.24) is 0 Å². The third-order valence-electron chi connectivity index (χ3n) is 2.80. The lowest BCUT2D eigenvalue weighted by atomic mass is 9.98. The largest absolute Gasteiger partial charge is 0.0837 e. The standard InChI is InChI=1S/C15H15Cl.C2H6/c1-10-4-6-13(12(3)8-10)14-7-5-11(2)9-15(14)16;1-2/h4-9H,1-3H3;1-2H3. The maximum Gasteiger partial charge on any atom is 0.0487 e. The van der Waals surface area contributed by atoms with Crippen LogP contribution in [0.5, 0.6) is 0 Å². The summed E-state index contributed by atoms with van der Waals surface area (Å²) < 4.78 is 0. The molecule has 2 aromatic rings. The van der Waals surface area contributed by atoms with Gasteiger partial charge in [-0.25, -0.2) is 0 Å². The van der Waals surface area contributed by atoms with Crippen molar-refractivity contribution in [2.24, 2.45) is 0 Å². The first kappa shape index (κ1) is 14.8. The van der Waals surface area contributed by atoms with Gasteiger partial charge < -0.3 is 0 Å². The zero-order valence-electron chi connectivity index (χ0n) is 11.8. The molecular weight excluding hydrogens is 240 g/mol. The number of rotatable bonds is 1. The molecule has 0 heterocycles. The van der Waals surface area contributed by atoms with E-state index in [1.807, 2.05) is 19.9 Å². The van der Waals surface area contributed by atoms with Crippen molar-refractivity contribution in [3.63, 3.8) is 0 Å². The minimum absolute atomic E-state index is 0.826. The minimum Gasteiger partial charge on any atom is -0.0837 e. The lowest BCUT2D eigenvalue weighted by molar-refractivity contribution is 1.37. The van der Waals surface area contributed by atoms with E-state index in [2.05, 4.69) is 51.1 Å². The zero-order chi connectivity index (χ0) is 13.7. The molecule has 0 aliphatic rings. The molecule has 0 aromatic heterocycles. The van der Waals surface area contributed by atoms with Crippen LogP contribution in [0.1, 0.15) is 30.5 Å². The minimum atomic E-state index is 0.826. The predicted octanol–water partition coefficient (Wildman–Crippen LogP) is 5.96.